The van der Waals surface area contributed by atoms with Gasteiger partial charge < -0.3 is 20.3 Å². The fraction of sp³-hybridized carbons (Fsp3) is 0.756. The number of carboxylic acid groups (broad SMARTS) is 1. The Kier molecular flexibility index (Phi) is 10.7. The summed E-state index contributed by atoms with van der Waals surface area (Å²) in [6.07, 6.45) is 1.63. The van der Waals surface area contributed by atoms with Crippen LogP contribution >= 0.6 is 0 Å². The number of rotatable bonds is 10. The van der Waals surface area contributed by atoms with Gasteiger partial charge in [-0.25, -0.2) is 0 Å². The molecule has 6 rings (SSSR count). The Morgan fingerprint density at radius 3 is 2.27 bits per heavy atom. The van der Waals surface area contributed by atoms with Crippen LogP contribution in [0.1, 0.15) is 138 Å². The molecule has 0 aliphatic heterocycles. The molecule has 2 unspecified atom stereocenters. The number of halogens is 3. The summed E-state index contributed by atoms with van der Waals surface area (Å²) >= 11 is 0. The quantitative estimate of drug-likeness (QED) is 0.203. The van der Waals surface area contributed by atoms with Gasteiger partial charge in [0.25, 0.3) is 0 Å². The number of carbonyl (C=O) groups is 3. The van der Waals surface area contributed by atoms with Gasteiger partial charge in [-0.3, -0.25) is 14.4 Å². The molecule has 1 aromatic rings. The van der Waals surface area contributed by atoms with Gasteiger partial charge in [-0.05, 0) is 122 Å². The monoisotopic (exact) mass is 771 g/mol. The summed E-state index contributed by atoms with van der Waals surface area (Å²) in [5.74, 6) is -0.494. The van der Waals surface area contributed by atoms with Crippen LogP contribution in [0.3, 0.4) is 0 Å². The second-order valence-electron chi connectivity index (χ2n) is 20.4. The third kappa shape index (κ3) is 6.71. The molecule has 10 heteroatoms. The van der Waals surface area contributed by atoms with Crippen LogP contribution in [0.4, 0.5) is 13.2 Å². The molecule has 306 valence electrons. The lowest BCUT2D eigenvalue weighted by Gasteiger charge is -2.72. The van der Waals surface area contributed by atoms with Crippen LogP contribution in [-0.2, 0) is 31.8 Å². The largest absolute Gasteiger partial charge is 0.481 e. The zero-order valence-electron chi connectivity index (χ0n) is 34.4. The van der Waals surface area contributed by atoms with Crippen molar-refractivity contribution in [3.05, 3.63) is 46.5 Å². The van der Waals surface area contributed by atoms with Crippen molar-refractivity contribution in [1.82, 2.24) is 5.32 Å². The summed E-state index contributed by atoms with van der Waals surface area (Å²) in [7, 11) is 0. The number of aliphatic hydroxyl groups is 1. The number of fused-ring (bicyclic) bond motifs is 7. The third-order valence-corrected chi connectivity index (χ3v) is 16.4. The average Bonchev–Trinajstić information content (AvgIpc) is 3.39. The van der Waals surface area contributed by atoms with Crippen molar-refractivity contribution in [2.75, 3.05) is 6.54 Å². The molecular weight excluding hydrogens is 707 g/mol. The van der Waals surface area contributed by atoms with Crippen molar-refractivity contribution >= 4 is 17.7 Å². The van der Waals surface area contributed by atoms with Crippen LogP contribution < -0.4 is 5.32 Å². The minimum Gasteiger partial charge on any atom is -0.481 e. The standard InChI is InChI=1S/C45H64F3NO6/c1-26(2)36-30(50)22-44(33(51)25-49-24-27-11-10-12-28(21-27)45(46,47)48)20-19-42(8)29(37(36)44)13-14-32-41(7)17-16-34(55-35(52)23-39(3,4)38(53)54)40(5,6)31(41)15-18-43(32,42)9/h10-12,21,26,29,31-34,49,51H,13-20,22-25H2,1-9H3,(H,53,54)/t29-,31+,32-,33?,34+,41+,42-,43-,44?/m1/s1. The second kappa shape index (κ2) is 14.0. The van der Waals surface area contributed by atoms with E-state index in [1.807, 2.05) is 0 Å². The smallest absolute Gasteiger partial charge is 0.416 e. The van der Waals surface area contributed by atoms with Gasteiger partial charge in [-0.1, -0.05) is 72.2 Å². The molecule has 4 fully saturated rings. The van der Waals surface area contributed by atoms with Gasteiger partial charge in [0.2, 0.25) is 0 Å². The summed E-state index contributed by atoms with van der Waals surface area (Å²) < 4.78 is 46.3. The lowest BCUT2D eigenvalue weighted by Crippen LogP contribution is -2.66. The van der Waals surface area contributed by atoms with Crippen LogP contribution in [0.2, 0.25) is 0 Å². The van der Waals surface area contributed by atoms with Crippen molar-refractivity contribution in [3.63, 3.8) is 0 Å². The Hall–Kier alpha value is -2.72. The minimum absolute atomic E-state index is 0.00410. The van der Waals surface area contributed by atoms with E-state index in [4.69, 9.17) is 4.74 Å². The topological polar surface area (TPSA) is 113 Å². The third-order valence-electron chi connectivity index (χ3n) is 16.4. The number of benzene rings is 1. The van der Waals surface area contributed by atoms with E-state index in [9.17, 15) is 37.8 Å². The van der Waals surface area contributed by atoms with Gasteiger partial charge in [0, 0.05) is 30.3 Å². The number of ketones is 1. The molecule has 0 spiro atoms. The number of alkyl halides is 3. The van der Waals surface area contributed by atoms with Gasteiger partial charge in [0.15, 0.2) is 5.78 Å². The fourth-order valence-electron chi connectivity index (χ4n) is 13.3. The molecule has 4 saturated carbocycles. The molecule has 5 aliphatic rings. The van der Waals surface area contributed by atoms with Gasteiger partial charge >= 0.3 is 18.1 Å². The number of aliphatic hydroxyl groups excluding tert-OH is 1. The fourth-order valence-corrected chi connectivity index (χ4v) is 13.3. The van der Waals surface area contributed by atoms with Gasteiger partial charge in [0.05, 0.1) is 23.5 Å². The normalized spacial score (nSPS) is 36.4. The lowest BCUT2D eigenvalue weighted by atomic mass is 9.33. The molecule has 9 atom stereocenters. The van der Waals surface area contributed by atoms with Gasteiger partial charge in [0.1, 0.15) is 6.10 Å². The van der Waals surface area contributed by atoms with Crippen molar-refractivity contribution in [3.8, 4) is 0 Å². The summed E-state index contributed by atoms with van der Waals surface area (Å²) in [5, 5.41) is 25.0. The molecule has 0 aromatic heterocycles. The molecule has 0 saturated heterocycles. The number of esters is 1. The Labute approximate surface area is 325 Å². The highest BCUT2D eigenvalue weighted by Gasteiger charge is 2.70. The van der Waals surface area contributed by atoms with E-state index in [1.165, 1.54) is 6.07 Å². The molecule has 0 radical (unpaired) electrons. The number of aliphatic carboxylic acids is 1. The van der Waals surface area contributed by atoms with E-state index >= 15 is 0 Å². The Morgan fingerprint density at radius 1 is 0.945 bits per heavy atom. The lowest BCUT2D eigenvalue weighted by molar-refractivity contribution is -0.235. The first kappa shape index (κ1) is 41.9. The minimum atomic E-state index is -4.43. The van der Waals surface area contributed by atoms with E-state index in [-0.39, 0.29) is 71.3 Å². The first-order valence-corrected chi connectivity index (χ1v) is 20.6. The van der Waals surface area contributed by atoms with Crippen molar-refractivity contribution in [2.45, 2.75) is 151 Å². The Bertz CT molecular complexity index is 1730. The molecule has 5 aliphatic carbocycles. The van der Waals surface area contributed by atoms with E-state index in [0.29, 0.717) is 23.8 Å². The Morgan fingerprint density at radius 2 is 1.64 bits per heavy atom. The molecular formula is C45H64F3NO6. The number of carbonyl (C=O) groups excluding carboxylic acids is 2. The van der Waals surface area contributed by atoms with Crippen LogP contribution in [0.5, 0.6) is 0 Å². The highest BCUT2D eigenvalue weighted by Crippen LogP contribution is 2.77. The number of nitrogens with one attached hydrogen (secondary N) is 1. The maximum Gasteiger partial charge on any atom is 0.416 e. The predicted octanol–water partition coefficient (Wildman–Crippen LogP) is 9.55. The number of hydrogen-bond donors (Lipinski definition) is 3. The summed E-state index contributed by atoms with van der Waals surface area (Å²) in [6.45, 7) is 19.5. The average molecular weight is 772 g/mol. The highest BCUT2D eigenvalue weighted by atomic mass is 19.4. The Balaban J connectivity index is 1.25. The van der Waals surface area contributed by atoms with Crippen LogP contribution in [0.25, 0.3) is 0 Å². The predicted molar refractivity (Wildman–Crippen MR) is 205 cm³/mol. The van der Waals surface area contributed by atoms with Crippen molar-refractivity contribution in [2.24, 2.45) is 56.2 Å². The number of Topliss-reactive ketones (excluding diaryl/α,β-unsaturated/α-hetero) is 1. The van der Waals surface area contributed by atoms with E-state index in [0.717, 1.165) is 68.2 Å². The van der Waals surface area contributed by atoms with Crippen molar-refractivity contribution in [1.29, 1.82) is 0 Å². The SMILES string of the molecule is CC(C)C1=C2[C@H]3CC[C@@H]4[C@@]5(C)CC[C@H](OC(=O)CC(C)(C)C(=O)O)C(C)(C)[C@@H]5CC[C@@]4(C)[C@]3(C)CCC2(C(O)CNCc2cccc(C(F)(F)F)c2)CC1=O. The molecule has 0 heterocycles. The molecule has 55 heavy (non-hydrogen) atoms. The highest BCUT2D eigenvalue weighted by molar-refractivity contribution is 6.00. The summed E-state index contributed by atoms with van der Waals surface area (Å²) in [5.41, 5.74) is -0.531. The van der Waals surface area contributed by atoms with Crippen molar-refractivity contribution < 1.29 is 42.5 Å². The first-order valence-electron chi connectivity index (χ1n) is 20.6. The summed E-state index contributed by atoms with van der Waals surface area (Å²) in [4.78, 5) is 38.9. The number of allylic oxidation sites excluding steroid dienone is 1. The van der Waals surface area contributed by atoms with Crippen LogP contribution in [0, 0.1) is 56.2 Å². The maximum absolute atomic E-state index is 14.0. The maximum atomic E-state index is 14.0. The van der Waals surface area contributed by atoms with E-state index in [1.54, 1.807) is 19.9 Å². The van der Waals surface area contributed by atoms with Gasteiger partial charge in [-0.2, -0.15) is 13.2 Å². The molecule has 1 aromatic carbocycles. The van der Waals surface area contributed by atoms with E-state index < -0.39 is 40.6 Å². The summed E-state index contributed by atoms with van der Waals surface area (Å²) in [6, 6.07) is 5.25. The zero-order valence-corrected chi connectivity index (χ0v) is 34.4. The number of hydrogen-bond acceptors (Lipinski definition) is 6. The molecule has 7 nitrogen and oxygen atoms in total. The molecule has 0 amide bonds. The number of ether oxygens (including phenoxy) is 1. The first-order chi connectivity index (χ1) is 25.3. The molecule has 0 bridgehead atoms. The van der Waals surface area contributed by atoms with Crippen LogP contribution in [0.15, 0.2) is 35.4 Å². The van der Waals surface area contributed by atoms with E-state index in [2.05, 4.69) is 53.8 Å². The van der Waals surface area contributed by atoms with Gasteiger partial charge in [-0.15, -0.1) is 0 Å². The van der Waals surface area contributed by atoms with Crippen LogP contribution in [-0.4, -0.2) is 46.7 Å². The number of carboxylic acids is 1. The zero-order chi connectivity index (χ0) is 40.7. The molecule has 3 N–H and O–H groups in total. The second-order valence-corrected chi connectivity index (χ2v) is 20.4.